The summed E-state index contributed by atoms with van der Waals surface area (Å²) in [6, 6.07) is 17.6. The molecule has 3 heterocycles. The molecule has 0 atom stereocenters. The molecule has 0 spiro atoms. The summed E-state index contributed by atoms with van der Waals surface area (Å²) in [6.45, 7) is 8.43. The Morgan fingerprint density at radius 2 is 1.57 bits per heavy atom. The molecule has 7 nitrogen and oxygen atoms in total. The first kappa shape index (κ1) is 32.0. The Labute approximate surface area is 265 Å². The SMILES string of the molecule is CCCCCCCCCCOC(=O)n1c(=O)ccc2ccc(OCCCCN3CCN(c4cccc5sccc45)CC3)cc21. The van der Waals surface area contributed by atoms with E-state index in [4.69, 9.17) is 9.47 Å². The molecule has 44 heavy (non-hydrogen) atoms. The zero-order valence-corrected chi connectivity index (χ0v) is 27.0. The van der Waals surface area contributed by atoms with E-state index in [1.807, 2.05) is 12.1 Å². The van der Waals surface area contributed by atoms with E-state index in [9.17, 15) is 9.59 Å². The minimum Gasteiger partial charge on any atom is -0.494 e. The average molecular weight is 618 g/mol. The van der Waals surface area contributed by atoms with Crippen molar-refractivity contribution in [1.29, 1.82) is 0 Å². The number of unbranched alkanes of at least 4 members (excludes halogenated alkanes) is 8. The second kappa shape index (κ2) is 16.6. The van der Waals surface area contributed by atoms with Crippen molar-refractivity contribution >= 4 is 44.1 Å². The number of hydrogen-bond acceptors (Lipinski definition) is 7. The molecule has 8 heteroatoms. The Morgan fingerprint density at radius 3 is 2.39 bits per heavy atom. The van der Waals surface area contributed by atoms with Gasteiger partial charge in [-0.2, -0.15) is 0 Å². The summed E-state index contributed by atoms with van der Waals surface area (Å²) >= 11 is 1.81. The highest BCUT2D eigenvalue weighted by Gasteiger charge is 2.19. The summed E-state index contributed by atoms with van der Waals surface area (Å²) in [5.74, 6) is 0.656. The van der Waals surface area contributed by atoms with Crippen LogP contribution in [0.25, 0.3) is 21.0 Å². The molecule has 1 aliphatic rings. The minimum absolute atomic E-state index is 0.326. The molecule has 2 aromatic carbocycles. The Kier molecular flexibility index (Phi) is 12.1. The van der Waals surface area contributed by atoms with Crippen molar-refractivity contribution in [2.45, 2.75) is 71.1 Å². The highest BCUT2D eigenvalue weighted by Crippen LogP contribution is 2.31. The number of hydrogen-bond donors (Lipinski definition) is 0. The summed E-state index contributed by atoms with van der Waals surface area (Å²) < 4.78 is 14.0. The molecule has 0 N–H and O–H groups in total. The van der Waals surface area contributed by atoms with Crippen molar-refractivity contribution in [3.63, 3.8) is 0 Å². The number of nitrogens with zero attached hydrogens (tertiary/aromatic N) is 3. The van der Waals surface area contributed by atoms with Crippen LogP contribution in [0.5, 0.6) is 5.75 Å². The van der Waals surface area contributed by atoms with Gasteiger partial charge in [-0.1, -0.05) is 57.9 Å². The normalized spacial score (nSPS) is 14.0. The van der Waals surface area contributed by atoms with E-state index in [1.54, 1.807) is 23.5 Å². The van der Waals surface area contributed by atoms with Crippen LogP contribution in [0.2, 0.25) is 0 Å². The number of pyridine rings is 1. The monoisotopic (exact) mass is 617 g/mol. The lowest BCUT2D eigenvalue weighted by molar-refractivity contribution is 0.145. The molecular weight excluding hydrogens is 570 g/mol. The standard InChI is InChI=1S/C36H47N3O4S/c1-2-3-4-5-6-7-8-10-26-43-36(41)39-33-28-30(17-15-29(33)16-18-35(39)40)42-25-11-9-20-37-21-23-38(24-22-37)32-13-12-14-34-31(32)19-27-44-34/h12-19,27-28H,2-11,20-26H2,1H3. The second-order valence-electron chi connectivity index (χ2n) is 11.8. The smallest absolute Gasteiger partial charge is 0.421 e. The highest BCUT2D eigenvalue weighted by molar-refractivity contribution is 7.17. The molecule has 1 saturated heterocycles. The Hall–Kier alpha value is -3.36. The molecule has 4 aromatic rings. The number of fused-ring (bicyclic) bond motifs is 2. The number of anilines is 1. The topological polar surface area (TPSA) is 64.0 Å². The van der Waals surface area contributed by atoms with Gasteiger partial charge in [-0.05, 0) is 73.0 Å². The lowest BCUT2D eigenvalue weighted by atomic mass is 10.1. The third kappa shape index (κ3) is 8.63. The van der Waals surface area contributed by atoms with Gasteiger partial charge in [0.05, 0.1) is 18.7 Å². The first-order valence-electron chi connectivity index (χ1n) is 16.5. The van der Waals surface area contributed by atoms with Gasteiger partial charge in [0.15, 0.2) is 0 Å². The van der Waals surface area contributed by atoms with E-state index in [-0.39, 0.29) is 5.56 Å². The maximum atomic E-state index is 12.9. The van der Waals surface area contributed by atoms with E-state index < -0.39 is 6.09 Å². The third-order valence-electron chi connectivity index (χ3n) is 8.60. The highest BCUT2D eigenvalue weighted by atomic mass is 32.1. The van der Waals surface area contributed by atoms with Crippen LogP contribution in [-0.2, 0) is 4.74 Å². The van der Waals surface area contributed by atoms with Gasteiger partial charge in [0.25, 0.3) is 5.56 Å². The minimum atomic E-state index is -0.618. The van der Waals surface area contributed by atoms with E-state index >= 15 is 0 Å². The zero-order valence-electron chi connectivity index (χ0n) is 26.2. The molecule has 5 rings (SSSR count). The molecule has 1 aliphatic heterocycles. The van der Waals surface area contributed by atoms with Gasteiger partial charge < -0.3 is 14.4 Å². The molecule has 1 fully saturated rings. The first-order valence-corrected chi connectivity index (χ1v) is 17.4. The van der Waals surface area contributed by atoms with Gasteiger partial charge >= 0.3 is 6.09 Å². The van der Waals surface area contributed by atoms with Crippen LogP contribution < -0.4 is 15.2 Å². The van der Waals surface area contributed by atoms with Crippen molar-refractivity contribution in [2.24, 2.45) is 0 Å². The van der Waals surface area contributed by atoms with Crippen LogP contribution in [0.4, 0.5) is 10.5 Å². The van der Waals surface area contributed by atoms with Crippen LogP contribution in [0, 0.1) is 0 Å². The lowest BCUT2D eigenvalue weighted by Gasteiger charge is -2.36. The van der Waals surface area contributed by atoms with Crippen LogP contribution in [-0.4, -0.2) is 61.5 Å². The number of aromatic nitrogens is 1. The molecule has 2 aromatic heterocycles. The fraction of sp³-hybridized carbons (Fsp3) is 0.500. The summed E-state index contributed by atoms with van der Waals surface area (Å²) in [6.07, 6.45) is 10.7. The molecule has 0 bridgehead atoms. The van der Waals surface area contributed by atoms with Crippen molar-refractivity contribution in [3.8, 4) is 5.75 Å². The quantitative estimate of drug-likeness (QED) is 0.118. The molecule has 0 radical (unpaired) electrons. The number of carbonyl (C=O) groups is 1. The van der Waals surface area contributed by atoms with Crippen molar-refractivity contribution in [2.75, 3.05) is 50.8 Å². The fourth-order valence-electron chi connectivity index (χ4n) is 6.04. The van der Waals surface area contributed by atoms with Crippen LogP contribution in [0.3, 0.4) is 0 Å². The van der Waals surface area contributed by atoms with Gasteiger partial charge in [0.1, 0.15) is 5.75 Å². The summed E-state index contributed by atoms with van der Waals surface area (Å²) in [5.41, 5.74) is 1.49. The maximum Gasteiger partial charge on any atom is 0.421 e. The van der Waals surface area contributed by atoms with Crippen molar-refractivity contribution in [1.82, 2.24) is 9.47 Å². The zero-order chi connectivity index (χ0) is 30.6. The van der Waals surface area contributed by atoms with Gasteiger partial charge in [-0.25, -0.2) is 9.36 Å². The Balaban J connectivity index is 1.03. The van der Waals surface area contributed by atoms with Crippen LogP contribution in [0.1, 0.15) is 71.1 Å². The van der Waals surface area contributed by atoms with Gasteiger partial charge in [-0.3, -0.25) is 9.69 Å². The van der Waals surface area contributed by atoms with Crippen LogP contribution >= 0.6 is 11.3 Å². The predicted octanol–water partition coefficient (Wildman–Crippen LogP) is 8.32. The average Bonchev–Trinajstić information content (AvgIpc) is 3.53. The van der Waals surface area contributed by atoms with E-state index in [1.165, 1.54) is 53.9 Å². The Bertz CT molecular complexity index is 1540. The predicted molar refractivity (Wildman–Crippen MR) is 183 cm³/mol. The lowest BCUT2D eigenvalue weighted by Crippen LogP contribution is -2.46. The van der Waals surface area contributed by atoms with Gasteiger partial charge in [0, 0.05) is 54.1 Å². The number of piperazine rings is 1. The number of thiophene rings is 1. The molecule has 236 valence electrons. The van der Waals surface area contributed by atoms with E-state index in [2.05, 4.69) is 46.4 Å². The molecule has 0 aliphatic carbocycles. The molecular formula is C36H47N3O4S. The Morgan fingerprint density at radius 1 is 0.818 bits per heavy atom. The largest absolute Gasteiger partial charge is 0.494 e. The maximum absolute atomic E-state index is 12.9. The molecule has 0 unspecified atom stereocenters. The fourth-order valence-corrected chi connectivity index (χ4v) is 6.85. The van der Waals surface area contributed by atoms with Gasteiger partial charge in [-0.15, -0.1) is 11.3 Å². The summed E-state index contributed by atoms with van der Waals surface area (Å²) in [4.78, 5) is 30.6. The van der Waals surface area contributed by atoms with E-state index in [0.717, 1.165) is 74.8 Å². The number of rotatable bonds is 16. The summed E-state index contributed by atoms with van der Waals surface area (Å²) in [7, 11) is 0. The van der Waals surface area contributed by atoms with Gasteiger partial charge in [0.2, 0.25) is 0 Å². The second-order valence-corrected chi connectivity index (χ2v) is 12.8. The number of ether oxygens (including phenoxy) is 2. The van der Waals surface area contributed by atoms with E-state index in [0.29, 0.717) is 24.5 Å². The van der Waals surface area contributed by atoms with Crippen LogP contribution in [0.15, 0.2) is 64.8 Å². The summed E-state index contributed by atoms with van der Waals surface area (Å²) in [5, 5.41) is 4.34. The number of carbonyl (C=O) groups excluding carboxylic acids is 1. The number of benzene rings is 2. The third-order valence-corrected chi connectivity index (χ3v) is 9.48. The van der Waals surface area contributed by atoms with Crippen molar-refractivity contribution in [3.05, 3.63) is 70.3 Å². The molecule has 0 amide bonds. The van der Waals surface area contributed by atoms with Crippen molar-refractivity contribution < 1.29 is 14.3 Å². The molecule has 0 saturated carbocycles. The first-order chi connectivity index (χ1) is 21.6.